The normalized spacial score (nSPS) is 38.1. The fraction of sp³-hybridized carbons (Fsp3) is 1.00. The van der Waals surface area contributed by atoms with Crippen LogP contribution in [0.1, 0.15) is 32.1 Å². The molecule has 3 nitrogen and oxygen atoms in total. The third-order valence-corrected chi connectivity index (χ3v) is 3.90. The Balaban J connectivity index is 2.02. The van der Waals surface area contributed by atoms with Crippen molar-refractivity contribution in [3.05, 3.63) is 0 Å². The minimum Gasteiger partial charge on any atom is -0.363 e. The summed E-state index contributed by atoms with van der Waals surface area (Å²) in [5.41, 5.74) is 0. The Morgan fingerprint density at radius 2 is 1.86 bits per heavy atom. The molecule has 0 bridgehead atoms. The molecule has 0 saturated carbocycles. The van der Waals surface area contributed by atoms with E-state index in [0.717, 1.165) is 23.9 Å². The van der Waals surface area contributed by atoms with Crippen molar-refractivity contribution in [3.63, 3.8) is 0 Å². The largest absolute Gasteiger partial charge is 0.363 e. The molecule has 0 radical (unpaired) electrons. The number of hydrogen-bond donors (Lipinski definition) is 1. The fourth-order valence-electron chi connectivity index (χ4n) is 2.94. The molecule has 0 spiro atoms. The highest BCUT2D eigenvalue weighted by Crippen LogP contribution is 2.27. The molecule has 2 heterocycles. The first-order chi connectivity index (χ1) is 6.72. The van der Waals surface area contributed by atoms with Crippen LogP contribution in [0.4, 0.5) is 0 Å². The molecule has 0 aliphatic carbocycles. The van der Waals surface area contributed by atoms with E-state index >= 15 is 0 Å². The predicted molar refractivity (Wildman–Crippen MR) is 54.8 cm³/mol. The first-order valence-corrected chi connectivity index (χ1v) is 5.86. The minimum atomic E-state index is -0.521. The second kappa shape index (κ2) is 4.17. The number of aliphatic hydroxyl groups is 1. The molecule has 0 aromatic heterocycles. The third kappa shape index (κ3) is 1.95. The van der Waals surface area contributed by atoms with Crippen LogP contribution < -0.4 is 0 Å². The van der Waals surface area contributed by atoms with Gasteiger partial charge >= 0.3 is 0 Å². The Morgan fingerprint density at radius 3 is 2.50 bits per heavy atom. The van der Waals surface area contributed by atoms with Crippen LogP contribution in [0.3, 0.4) is 0 Å². The van der Waals surface area contributed by atoms with Gasteiger partial charge in [-0.2, -0.15) is 0 Å². The van der Waals surface area contributed by atoms with Gasteiger partial charge in [-0.05, 0) is 25.7 Å². The van der Waals surface area contributed by atoms with Gasteiger partial charge < -0.3 is 14.3 Å². The monoisotopic (exact) mass is 200 g/mol. The van der Waals surface area contributed by atoms with E-state index in [0.29, 0.717) is 6.04 Å². The SMILES string of the molecule is C[N+]1(C2CCCOC2O)CCCCC1. The summed E-state index contributed by atoms with van der Waals surface area (Å²) in [6.07, 6.45) is 5.68. The quantitative estimate of drug-likeness (QED) is 0.643. The maximum absolute atomic E-state index is 9.85. The fourth-order valence-corrected chi connectivity index (χ4v) is 2.94. The Labute approximate surface area is 86.3 Å². The lowest BCUT2D eigenvalue weighted by Crippen LogP contribution is -2.61. The number of likely N-dealkylation sites (tertiary alicyclic amines) is 1. The molecule has 2 saturated heterocycles. The van der Waals surface area contributed by atoms with Crippen molar-refractivity contribution in [3.8, 4) is 0 Å². The van der Waals surface area contributed by atoms with Crippen molar-refractivity contribution < 1.29 is 14.3 Å². The van der Waals surface area contributed by atoms with Crippen molar-refractivity contribution in [2.45, 2.75) is 44.4 Å². The first kappa shape index (κ1) is 10.4. The zero-order valence-corrected chi connectivity index (χ0v) is 9.11. The molecule has 3 heteroatoms. The van der Waals surface area contributed by atoms with Crippen LogP contribution in [0.15, 0.2) is 0 Å². The summed E-state index contributed by atoms with van der Waals surface area (Å²) in [6, 6.07) is 0.323. The molecular formula is C11H22NO2+. The maximum Gasteiger partial charge on any atom is 0.208 e. The lowest BCUT2D eigenvalue weighted by molar-refractivity contribution is -0.945. The molecule has 0 aromatic carbocycles. The minimum absolute atomic E-state index is 0.323. The number of likely N-dealkylation sites (N-methyl/N-ethyl adjacent to an activating group) is 1. The van der Waals surface area contributed by atoms with Crippen LogP contribution >= 0.6 is 0 Å². The van der Waals surface area contributed by atoms with E-state index in [2.05, 4.69) is 7.05 Å². The number of aliphatic hydroxyl groups excluding tert-OH is 1. The number of quaternary nitrogens is 1. The molecule has 0 aromatic rings. The highest BCUT2D eigenvalue weighted by molar-refractivity contribution is 4.69. The van der Waals surface area contributed by atoms with Gasteiger partial charge in [-0.15, -0.1) is 0 Å². The van der Waals surface area contributed by atoms with Crippen LogP contribution in [0, 0.1) is 0 Å². The Morgan fingerprint density at radius 1 is 1.14 bits per heavy atom. The van der Waals surface area contributed by atoms with Gasteiger partial charge in [0.15, 0.2) is 0 Å². The maximum atomic E-state index is 9.85. The van der Waals surface area contributed by atoms with Gasteiger partial charge in [0.1, 0.15) is 6.04 Å². The van der Waals surface area contributed by atoms with Crippen LogP contribution in [0.5, 0.6) is 0 Å². The summed E-state index contributed by atoms with van der Waals surface area (Å²) in [4.78, 5) is 0. The topological polar surface area (TPSA) is 29.5 Å². The van der Waals surface area contributed by atoms with E-state index in [9.17, 15) is 5.11 Å². The number of rotatable bonds is 1. The molecule has 82 valence electrons. The summed E-state index contributed by atoms with van der Waals surface area (Å²) in [7, 11) is 2.28. The number of nitrogens with zero attached hydrogens (tertiary/aromatic N) is 1. The van der Waals surface area contributed by atoms with E-state index in [1.807, 2.05) is 0 Å². The molecule has 1 N–H and O–H groups in total. The summed E-state index contributed by atoms with van der Waals surface area (Å²) >= 11 is 0. The van der Waals surface area contributed by atoms with Crippen LogP contribution in [0.25, 0.3) is 0 Å². The van der Waals surface area contributed by atoms with Gasteiger partial charge in [0.2, 0.25) is 6.29 Å². The van der Waals surface area contributed by atoms with Crippen molar-refractivity contribution in [1.29, 1.82) is 0 Å². The molecule has 2 fully saturated rings. The smallest absolute Gasteiger partial charge is 0.208 e. The van der Waals surface area contributed by atoms with E-state index in [-0.39, 0.29) is 0 Å². The summed E-state index contributed by atoms with van der Waals surface area (Å²) < 4.78 is 6.38. The molecule has 14 heavy (non-hydrogen) atoms. The number of ether oxygens (including phenoxy) is 1. The number of piperidine rings is 1. The Bertz CT molecular complexity index is 190. The van der Waals surface area contributed by atoms with Crippen LogP contribution in [0.2, 0.25) is 0 Å². The van der Waals surface area contributed by atoms with Gasteiger partial charge in [-0.1, -0.05) is 0 Å². The zero-order chi connectivity index (χ0) is 10.0. The second-order valence-corrected chi connectivity index (χ2v) is 4.96. The van der Waals surface area contributed by atoms with Gasteiger partial charge in [0.25, 0.3) is 0 Å². The molecular weight excluding hydrogens is 178 g/mol. The van der Waals surface area contributed by atoms with Gasteiger partial charge in [0, 0.05) is 6.42 Å². The molecule has 2 aliphatic rings. The van der Waals surface area contributed by atoms with Crippen LogP contribution in [-0.2, 0) is 4.74 Å². The molecule has 2 rings (SSSR count). The first-order valence-electron chi connectivity index (χ1n) is 5.86. The van der Waals surface area contributed by atoms with Crippen molar-refractivity contribution in [1.82, 2.24) is 0 Å². The Kier molecular flexibility index (Phi) is 3.10. The van der Waals surface area contributed by atoms with Crippen molar-refractivity contribution >= 4 is 0 Å². The third-order valence-electron chi connectivity index (χ3n) is 3.90. The Hall–Kier alpha value is -0.120. The van der Waals surface area contributed by atoms with E-state index in [1.165, 1.54) is 32.4 Å². The zero-order valence-electron chi connectivity index (χ0n) is 9.11. The average molecular weight is 200 g/mol. The van der Waals surface area contributed by atoms with E-state index in [4.69, 9.17) is 4.74 Å². The van der Waals surface area contributed by atoms with Gasteiger partial charge in [-0.25, -0.2) is 0 Å². The van der Waals surface area contributed by atoms with Gasteiger partial charge in [-0.3, -0.25) is 0 Å². The average Bonchev–Trinajstić information content (AvgIpc) is 2.19. The standard InChI is InChI=1S/C11H22NO2/c1-12(7-3-2-4-8-12)10-6-5-9-14-11(10)13/h10-11,13H,2-9H2,1H3/q+1. The van der Waals surface area contributed by atoms with Crippen molar-refractivity contribution in [2.75, 3.05) is 26.7 Å². The lowest BCUT2D eigenvalue weighted by Gasteiger charge is -2.47. The highest BCUT2D eigenvalue weighted by Gasteiger charge is 2.40. The van der Waals surface area contributed by atoms with E-state index in [1.54, 1.807) is 0 Å². The predicted octanol–water partition coefficient (Wildman–Crippen LogP) is 1.11. The molecule has 0 amide bonds. The van der Waals surface area contributed by atoms with Crippen molar-refractivity contribution in [2.24, 2.45) is 0 Å². The summed E-state index contributed by atoms with van der Waals surface area (Å²) in [6.45, 7) is 3.16. The number of hydrogen-bond acceptors (Lipinski definition) is 2. The van der Waals surface area contributed by atoms with Gasteiger partial charge in [0.05, 0.1) is 26.7 Å². The summed E-state index contributed by atoms with van der Waals surface area (Å²) in [5.74, 6) is 0. The van der Waals surface area contributed by atoms with Crippen LogP contribution in [-0.4, -0.2) is 48.7 Å². The molecule has 2 unspecified atom stereocenters. The second-order valence-electron chi connectivity index (χ2n) is 4.96. The highest BCUT2D eigenvalue weighted by atomic mass is 16.6. The summed E-state index contributed by atoms with van der Waals surface area (Å²) in [5, 5.41) is 9.85. The molecule has 2 aliphatic heterocycles. The lowest BCUT2D eigenvalue weighted by atomic mass is 9.99. The molecule has 2 atom stereocenters. The van der Waals surface area contributed by atoms with E-state index < -0.39 is 6.29 Å².